The summed E-state index contributed by atoms with van der Waals surface area (Å²) in [5.74, 6) is -3.99. The number of anilines is 2. The fourth-order valence-corrected chi connectivity index (χ4v) is 5.39. The van der Waals surface area contributed by atoms with Crippen LogP contribution in [0, 0.1) is 23.4 Å². The summed E-state index contributed by atoms with van der Waals surface area (Å²) in [5, 5.41) is 7.06. The van der Waals surface area contributed by atoms with E-state index in [1.54, 1.807) is 16.0 Å². The Hall–Kier alpha value is -3.24. The number of fused-ring (bicyclic) bond motifs is 3. The Bertz CT molecular complexity index is 1110. The number of rotatable bonds is 4. The molecule has 0 radical (unpaired) electrons. The number of nitrogens with one attached hydrogen (secondary N) is 1. The molecule has 1 saturated heterocycles. The first kappa shape index (κ1) is 22.5. The average Bonchev–Trinajstić information content (AvgIpc) is 3.49. The SMILES string of the molecule is CC(C)C[C@H]1COC(=O)N1c1cnn2c1CN(C(=O)Nc1cc(F)c(F)c(F)c1)[C@H]1CCC[C@H]12. The highest BCUT2D eigenvalue weighted by atomic mass is 19.2. The molecule has 3 heterocycles. The van der Waals surface area contributed by atoms with Crippen LogP contribution in [-0.2, 0) is 11.3 Å². The highest BCUT2D eigenvalue weighted by molar-refractivity contribution is 5.92. The van der Waals surface area contributed by atoms with Crippen LogP contribution < -0.4 is 10.2 Å². The number of urea groups is 1. The third-order valence-electron chi connectivity index (χ3n) is 6.82. The van der Waals surface area contributed by atoms with E-state index >= 15 is 0 Å². The molecule has 1 N–H and O–H groups in total. The minimum atomic E-state index is -1.59. The molecule has 0 unspecified atom stereocenters. The number of aromatic nitrogens is 2. The second-order valence-electron chi connectivity index (χ2n) is 9.53. The summed E-state index contributed by atoms with van der Waals surface area (Å²) >= 11 is 0. The number of ether oxygens (including phenoxy) is 1. The maximum absolute atomic E-state index is 13.7. The number of carbonyl (C=O) groups is 2. The Balaban J connectivity index is 1.45. The molecule has 3 atom stereocenters. The summed E-state index contributed by atoms with van der Waals surface area (Å²) in [5.41, 5.74) is 1.15. The molecule has 11 heteroatoms. The third-order valence-corrected chi connectivity index (χ3v) is 6.82. The monoisotopic (exact) mass is 477 g/mol. The lowest BCUT2D eigenvalue weighted by Crippen LogP contribution is -2.49. The second-order valence-corrected chi connectivity index (χ2v) is 9.53. The van der Waals surface area contributed by atoms with Crippen LogP contribution in [0.15, 0.2) is 18.3 Å². The third kappa shape index (κ3) is 3.76. The number of halogens is 3. The summed E-state index contributed by atoms with van der Waals surface area (Å²) in [7, 11) is 0. The van der Waals surface area contributed by atoms with Crippen LogP contribution >= 0.6 is 0 Å². The molecule has 5 rings (SSSR count). The van der Waals surface area contributed by atoms with E-state index < -0.39 is 29.6 Å². The topological polar surface area (TPSA) is 79.7 Å². The fraction of sp³-hybridized carbons (Fsp3) is 0.522. The van der Waals surface area contributed by atoms with Gasteiger partial charge in [0.05, 0.1) is 42.2 Å². The maximum Gasteiger partial charge on any atom is 0.414 e. The minimum Gasteiger partial charge on any atom is -0.447 e. The van der Waals surface area contributed by atoms with E-state index in [0.29, 0.717) is 23.9 Å². The lowest BCUT2D eigenvalue weighted by molar-refractivity contribution is 0.138. The van der Waals surface area contributed by atoms with Gasteiger partial charge in [-0.15, -0.1) is 0 Å². The molecule has 2 aromatic rings. The quantitative estimate of drug-likeness (QED) is 0.641. The first-order valence-electron chi connectivity index (χ1n) is 11.5. The molecule has 8 nitrogen and oxygen atoms in total. The van der Waals surface area contributed by atoms with Gasteiger partial charge in [-0.2, -0.15) is 5.10 Å². The van der Waals surface area contributed by atoms with Crippen molar-refractivity contribution in [3.8, 4) is 0 Å². The Kier molecular flexibility index (Phi) is 5.65. The molecular formula is C23H26F3N5O3. The van der Waals surface area contributed by atoms with Crippen molar-refractivity contribution < 1.29 is 27.5 Å². The first-order valence-corrected chi connectivity index (χ1v) is 11.5. The summed E-state index contributed by atoms with van der Waals surface area (Å²) < 4.78 is 47.8. The zero-order chi connectivity index (χ0) is 24.1. The second kappa shape index (κ2) is 8.52. The standard InChI is InChI=1S/C23H26F3N5O3/c1-12(2)6-14-11-34-23(33)30(14)19-9-27-31-18-5-3-4-17(18)29(10-20(19)31)22(32)28-13-7-15(24)21(26)16(25)8-13/h7-9,12,14,17-18H,3-6,10-11H2,1-2H3,(H,28,32)/t14-,17-,18+/m0/s1. The van der Waals surface area contributed by atoms with Crippen LogP contribution in [0.1, 0.15) is 51.3 Å². The molecular weight excluding hydrogens is 451 g/mol. The van der Waals surface area contributed by atoms with Crippen LogP contribution in [0.4, 0.5) is 34.1 Å². The van der Waals surface area contributed by atoms with Crippen molar-refractivity contribution in [2.75, 3.05) is 16.8 Å². The minimum absolute atomic E-state index is 0.0767. The van der Waals surface area contributed by atoms with Gasteiger partial charge in [0.15, 0.2) is 17.5 Å². The molecule has 34 heavy (non-hydrogen) atoms. The predicted molar refractivity (Wildman–Crippen MR) is 117 cm³/mol. The lowest BCUT2D eigenvalue weighted by atomic mass is 10.0. The molecule has 2 fully saturated rings. The van der Waals surface area contributed by atoms with E-state index in [9.17, 15) is 22.8 Å². The number of carbonyl (C=O) groups excluding carboxylic acids is 2. The number of cyclic esters (lactones) is 1. The van der Waals surface area contributed by atoms with Crippen LogP contribution in [0.25, 0.3) is 0 Å². The largest absolute Gasteiger partial charge is 0.447 e. The van der Waals surface area contributed by atoms with Gasteiger partial charge in [0.1, 0.15) is 6.61 Å². The summed E-state index contributed by atoms with van der Waals surface area (Å²) in [6.07, 6.45) is 4.41. The van der Waals surface area contributed by atoms with Crippen molar-refractivity contribution >= 4 is 23.5 Å². The van der Waals surface area contributed by atoms with Crippen molar-refractivity contribution in [3.05, 3.63) is 41.5 Å². The predicted octanol–water partition coefficient (Wildman–Crippen LogP) is 4.81. The Morgan fingerprint density at radius 1 is 1.21 bits per heavy atom. The zero-order valence-corrected chi connectivity index (χ0v) is 18.9. The van der Waals surface area contributed by atoms with Gasteiger partial charge in [0, 0.05) is 17.8 Å². The molecule has 182 valence electrons. The number of hydrogen-bond donors (Lipinski definition) is 1. The number of hydrogen-bond acceptors (Lipinski definition) is 4. The first-order chi connectivity index (χ1) is 16.2. The van der Waals surface area contributed by atoms with E-state index in [2.05, 4.69) is 24.3 Å². The van der Waals surface area contributed by atoms with E-state index in [-0.39, 0.29) is 30.4 Å². The molecule has 1 aromatic heterocycles. The van der Waals surface area contributed by atoms with Crippen molar-refractivity contribution in [3.63, 3.8) is 0 Å². The Labute approximate surface area is 194 Å². The summed E-state index contributed by atoms with van der Waals surface area (Å²) in [4.78, 5) is 29.0. The van der Waals surface area contributed by atoms with Gasteiger partial charge in [0.2, 0.25) is 0 Å². The Morgan fingerprint density at radius 2 is 1.91 bits per heavy atom. The van der Waals surface area contributed by atoms with Gasteiger partial charge >= 0.3 is 12.1 Å². The zero-order valence-electron chi connectivity index (χ0n) is 18.9. The summed E-state index contributed by atoms with van der Waals surface area (Å²) in [6.45, 7) is 4.60. The van der Waals surface area contributed by atoms with Crippen molar-refractivity contribution in [2.24, 2.45) is 5.92 Å². The fourth-order valence-electron chi connectivity index (χ4n) is 5.39. The van der Waals surface area contributed by atoms with Gasteiger partial charge in [-0.05, 0) is 31.6 Å². The van der Waals surface area contributed by atoms with Crippen LogP contribution in [0.5, 0.6) is 0 Å². The normalized spacial score (nSPS) is 23.8. The van der Waals surface area contributed by atoms with Gasteiger partial charge in [-0.1, -0.05) is 13.8 Å². The van der Waals surface area contributed by atoms with Gasteiger partial charge in [-0.3, -0.25) is 9.58 Å². The van der Waals surface area contributed by atoms with Gasteiger partial charge in [0.25, 0.3) is 0 Å². The van der Waals surface area contributed by atoms with Crippen molar-refractivity contribution in [1.82, 2.24) is 14.7 Å². The highest BCUT2D eigenvalue weighted by Gasteiger charge is 2.45. The maximum atomic E-state index is 13.7. The summed E-state index contributed by atoms with van der Waals surface area (Å²) in [6, 6.07) is 0.579. The molecule has 0 bridgehead atoms. The van der Waals surface area contributed by atoms with E-state index in [4.69, 9.17) is 4.74 Å². The van der Waals surface area contributed by atoms with E-state index in [1.165, 1.54) is 0 Å². The molecule has 1 aliphatic carbocycles. The van der Waals surface area contributed by atoms with Crippen LogP contribution in [0.2, 0.25) is 0 Å². The highest BCUT2D eigenvalue weighted by Crippen LogP contribution is 2.42. The van der Waals surface area contributed by atoms with Gasteiger partial charge < -0.3 is 15.0 Å². The van der Waals surface area contributed by atoms with E-state index in [0.717, 1.165) is 37.8 Å². The van der Waals surface area contributed by atoms with Gasteiger partial charge in [-0.25, -0.2) is 22.8 Å². The number of benzene rings is 1. The van der Waals surface area contributed by atoms with Crippen LogP contribution in [0.3, 0.4) is 0 Å². The van der Waals surface area contributed by atoms with Crippen molar-refractivity contribution in [2.45, 2.75) is 64.2 Å². The lowest BCUT2D eigenvalue weighted by Gasteiger charge is -2.39. The smallest absolute Gasteiger partial charge is 0.414 e. The molecule has 3 amide bonds. The molecule has 3 aliphatic rings. The molecule has 1 saturated carbocycles. The van der Waals surface area contributed by atoms with Crippen molar-refractivity contribution in [1.29, 1.82) is 0 Å². The molecule has 1 aromatic carbocycles. The Morgan fingerprint density at radius 3 is 2.62 bits per heavy atom. The average molecular weight is 477 g/mol. The molecule has 0 spiro atoms. The molecule has 2 aliphatic heterocycles. The van der Waals surface area contributed by atoms with Crippen LogP contribution in [-0.4, -0.2) is 45.5 Å². The van der Waals surface area contributed by atoms with E-state index in [1.807, 2.05) is 4.68 Å². The number of amides is 3. The number of nitrogens with zero attached hydrogens (tertiary/aromatic N) is 4.